The predicted molar refractivity (Wildman–Crippen MR) is 114 cm³/mol. The zero-order valence-electron chi connectivity index (χ0n) is 18.2. The van der Waals surface area contributed by atoms with Crippen LogP contribution in [-0.2, 0) is 20.7 Å². The number of nitrogens with zero attached hydrogens (tertiary/aromatic N) is 2. The smallest absolute Gasteiger partial charge is 0.298 e. The number of carbonyl (C=O) groups excluding carboxylic acids is 2. The minimum absolute atomic E-state index is 0.110. The van der Waals surface area contributed by atoms with E-state index in [0.29, 0.717) is 24.7 Å². The summed E-state index contributed by atoms with van der Waals surface area (Å²) in [6.07, 6.45) is 5.21. The molecule has 2 unspecified atom stereocenters. The van der Waals surface area contributed by atoms with Gasteiger partial charge in [-0.1, -0.05) is 6.92 Å². The van der Waals surface area contributed by atoms with E-state index in [1.54, 1.807) is 14.2 Å². The molecule has 3 aliphatic rings. The van der Waals surface area contributed by atoms with Gasteiger partial charge in [0.25, 0.3) is 5.91 Å². The van der Waals surface area contributed by atoms with Gasteiger partial charge in [0, 0.05) is 55.2 Å². The summed E-state index contributed by atoms with van der Waals surface area (Å²) in [5.41, 5.74) is 2.89. The van der Waals surface area contributed by atoms with E-state index >= 15 is 0 Å². The lowest BCUT2D eigenvalue weighted by Crippen LogP contribution is -2.50. The Kier molecular flexibility index (Phi) is 5.83. The summed E-state index contributed by atoms with van der Waals surface area (Å²) >= 11 is 0. The van der Waals surface area contributed by atoms with Gasteiger partial charge in [-0.2, -0.15) is 0 Å². The summed E-state index contributed by atoms with van der Waals surface area (Å²) in [7, 11) is 3.25. The third-order valence-electron chi connectivity index (χ3n) is 6.75. The summed E-state index contributed by atoms with van der Waals surface area (Å²) in [5, 5.41) is 2.52. The lowest BCUT2D eigenvalue weighted by atomic mass is 9.80. The van der Waals surface area contributed by atoms with Crippen molar-refractivity contribution in [3.8, 4) is 11.5 Å². The van der Waals surface area contributed by atoms with Crippen LogP contribution in [0.4, 0.5) is 0 Å². The van der Waals surface area contributed by atoms with Gasteiger partial charge in [-0.25, -0.2) is 0 Å². The Hall–Kier alpha value is -2.74. The maximum Gasteiger partial charge on any atom is 0.298 e. The van der Waals surface area contributed by atoms with Crippen LogP contribution in [0, 0.1) is 16.2 Å². The molecule has 1 aliphatic carbocycles. The van der Waals surface area contributed by atoms with E-state index in [0.717, 1.165) is 42.5 Å². The second-order valence-electron chi connectivity index (χ2n) is 8.80. The van der Waals surface area contributed by atoms with Crippen LogP contribution in [0.5, 0.6) is 11.5 Å². The van der Waals surface area contributed by atoms with Crippen molar-refractivity contribution in [2.45, 2.75) is 38.6 Å². The highest BCUT2D eigenvalue weighted by atomic mass is 16.5. The van der Waals surface area contributed by atoms with Crippen LogP contribution in [-0.4, -0.2) is 56.6 Å². The Balaban J connectivity index is 1.73. The van der Waals surface area contributed by atoms with Crippen LogP contribution in [0.2, 0.25) is 0 Å². The number of rotatable bonds is 8. The second-order valence-corrected chi connectivity index (χ2v) is 8.80. The van der Waals surface area contributed by atoms with E-state index < -0.39 is 11.8 Å². The molecule has 1 aromatic rings. The number of fused-ring (bicyclic) bond motifs is 3. The molecule has 0 saturated heterocycles. The quantitative estimate of drug-likeness (QED) is 0.357. The second kappa shape index (κ2) is 8.42. The van der Waals surface area contributed by atoms with Crippen molar-refractivity contribution in [2.75, 3.05) is 34.0 Å². The topological polar surface area (TPSA) is 94.5 Å². The monoisotopic (exact) mass is 428 g/mol. The lowest BCUT2D eigenvalue weighted by molar-refractivity contribution is -0.131. The van der Waals surface area contributed by atoms with E-state index in [2.05, 4.69) is 17.0 Å². The Morgan fingerprint density at radius 1 is 1.23 bits per heavy atom. The molecule has 0 spiro atoms. The minimum atomic E-state index is -1.03. The summed E-state index contributed by atoms with van der Waals surface area (Å²) in [4.78, 5) is 37.6. The van der Waals surface area contributed by atoms with E-state index in [1.165, 1.54) is 6.08 Å². The molecular weight excluding hydrogens is 400 g/mol. The molecule has 2 heterocycles. The molecule has 0 radical (unpaired) electrons. The van der Waals surface area contributed by atoms with Crippen molar-refractivity contribution in [1.29, 1.82) is 0 Å². The third-order valence-corrected chi connectivity index (χ3v) is 6.75. The van der Waals surface area contributed by atoms with Gasteiger partial charge < -0.3 is 19.1 Å². The molecule has 31 heavy (non-hydrogen) atoms. The van der Waals surface area contributed by atoms with Crippen molar-refractivity contribution in [2.24, 2.45) is 16.5 Å². The molecule has 2 aliphatic heterocycles. The van der Waals surface area contributed by atoms with E-state index in [-0.39, 0.29) is 23.8 Å². The number of hydrogen-bond donors (Lipinski definition) is 0. The summed E-state index contributed by atoms with van der Waals surface area (Å²) in [6.45, 7) is 3.55. The first-order chi connectivity index (χ1) is 14.9. The minimum Gasteiger partial charge on any atom is -0.493 e. The molecule has 0 aromatic heterocycles. The number of ketones is 1. The molecule has 0 N–H and O–H groups in total. The van der Waals surface area contributed by atoms with E-state index in [9.17, 15) is 14.5 Å². The molecule has 2 atom stereocenters. The van der Waals surface area contributed by atoms with Gasteiger partial charge in [0.2, 0.25) is 0 Å². The largest absolute Gasteiger partial charge is 0.493 e. The maximum absolute atomic E-state index is 12.7. The van der Waals surface area contributed by atoms with Crippen molar-refractivity contribution >= 4 is 17.4 Å². The van der Waals surface area contributed by atoms with Gasteiger partial charge in [-0.15, -0.1) is 4.91 Å². The number of benzene rings is 1. The van der Waals surface area contributed by atoms with Gasteiger partial charge in [0.05, 0.1) is 13.7 Å². The van der Waals surface area contributed by atoms with Gasteiger partial charge >= 0.3 is 0 Å². The molecule has 1 aromatic carbocycles. The van der Waals surface area contributed by atoms with Crippen molar-refractivity contribution in [3.63, 3.8) is 0 Å². The fraction of sp³-hybridized carbons (Fsp3) is 0.565. The highest BCUT2D eigenvalue weighted by Crippen LogP contribution is 2.55. The summed E-state index contributed by atoms with van der Waals surface area (Å²) in [6, 6.07) is 4.04. The number of nitroso groups, excluding NO2 is 1. The lowest BCUT2D eigenvalue weighted by Gasteiger charge is -2.46. The van der Waals surface area contributed by atoms with Crippen LogP contribution in [0.15, 0.2) is 23.4 Å². The van der Waals surface area contributed by atoms with Gasteiger partial charge in [0.1, 0.15) is 5.92 Å². The molecule has 4 rings (SSSR count). The van der Waals surface area contributed by atoms with Crippen LogP contribution in [0.1, 0.15) is 37.3 Å². The molecule has 8 nitrogen and oxygen atoms in total. The number of ether oxygens (including phenoxy) is 3. The Labute approximate surface area is 181 Å². The molecule has 0 bridgehead atoms. The average Bonchev–Trinajstić information content (AvgIpc) is 3.53. The first-order valence-corrected chi connectivity index (χ1v) is 10.6. The SMILES string of the molecule is COCCCOc1cc2c(cc1OC)C1=CC(=O)C(C(=O)N=O)CN1C(C1(C)CC1)C2. The molecular formula is C23H28N2O6. The average molecular weight is 428 g/mol. The highest BCUT2D eigenvalue weighted by molar-refractivity contribution is 6.11. The standard InChI is InChI=1S/C23H28N2O6/c1-23(5-6-23)21-10-14-9-20(31-8-4-7-29-2)19(30-3)11-15(14)17-12-18(26)16(13-25(17)21)22(27)24-28/h9,11-12,16,21H,4-8,10,13H2,1-3H3. The first-order valence-electron chi connectivity index (χ1n) is 10.6. The highest BCUT2D eigenvalue weighted by Gasteiger charge is 2.52. The fourth-order valence-electron chi connectivity index (χ4n) is 4.63. The number of carbonyl (C=O) groups is 2. The van der Waals surface area contributed by atoms with Crippen molar-refractivity contribution < 1.29 is 23.8 Å². The van der Waals surface area contributed by atoms with Gasteiger partial charge in [-0.05, 0) is 42.4 Å². The molecule has 166 valence electrons. The zero-order chi connectivity index (χ0) is 22.2. The van der Waals surface area contributed by atoms with E-state index in [4.69, 9.17) is 14.2 Å². The third kappa shape index (κ3) is 3.96. The zero-order valence-corrected chi connectivity index (χ0v) is 18.2. The Bertz CT molecular complexity index is 936. The van der Waals surface area contributed by atoms with Crippen molar-refractivity contribution in [1.82, 2.24) is 4.90 Å². The number of allylic oxidation sites excluding steroid dienone is 1. The number of hydrogen-bond acceptors (Lipinski definition) is 7. The summed E-state index contributed by atoms with van der Waals surface area (Å²) in [5.74, 6) is -1.04. The van der Waals surface area contributed by atoms with Crippen LogP contribution in [0.3, 0.4) is 0 Å². The van der Waals surface area contributed by atoms with Crippen LogP contribution >= 0.6 is 0 Å². The molecule has 1 fully saturated rings. The molecule has 8 heteroatoms. The number of methoxy groups -OCH3 is 2. The van der Waals surface area contributed by atoms with Crippen LogP contribution < -0.4 is 9.47 Å². The predicted octanol–water partition coefficient (Wildman–Crippen LogP) is 2.97. The van der Waals surface area contributed by atoms with E-state index in [1.807, 2.05) is 12.1 Å². The normalized spacial score (nSPS) is 23.4. The van der Waals surface area contributed by atoms with Gasteiger partial charge in [-0.3, -0.25) is 9.59 Å². The molecule has 1 saturated carbocycles. The number of amides is 1. The van der Waals surface area contributed by atoms with Gasteiger partial charge in [0.15, 0.2) is 17.3 Å². The van der Waals surface area contributed by atoms with Crippen LogP contribution in [0.25, 0.3) is 5.70 Å². The summed E-state index contributed by atoms with van der Waals surface area (Å²) < 4.78 is 16.6. The first kappa shape index (κ1) is 21.5. The maximum atomic E-state index is 12.7. The Morgan fingerprint density at radius 2 is 2.00 bits per heavy atom. The van der Waals surface area contributed by atoms with Crippen molar-refractivity contribution in [3.05, 3.63) is 34.2 Å². The Morgan fingerprint density at radius 3 is 2.65 bits per heavy atom. The fourth-order valence-corrected chi connectivity index (χ4v) is 4.63. The molecule has 1 amide bonds.